The molecule has 0 atom stereocenters. The van der Waals surface area contributed by atoms with Crippen LogP contribution in [-0.4, -0.2) is 42.9 Å². The molecule has 1 aromatic rings. The molecule has 0 fully saturated rings. The van der Waals surface area contributed by atoms with E-state index in [2.05, 4.69) is 5.32 Å². The van der Waals surface area contributed by atoms with E-state index in [1.807, 2.05) is 6.92 Å². The smallest absolute Gasteiger partial charge is 0.338 e. The SMILES string of the molecule is CCCOC(=O)c1ccc(NC(=O)CN(C)C(C)=O)cc1. The van der Waals surface area contributed by atoms with Crippen molar-refractivity contribution in [2.45, 2.75) is 20.3 Å². The van der Waals surface area contributed by atoms with Gasteiger partial charge in [0.15, 0.2) is 0 Å². The van der Waals surface area contributed by atoms with Gasteiger partial charge in [-0.3, -0.25) is 9.59 Å². The predicted molar refractivity (Wildman–Crippen MR) is 79.0 cm³/mol. The van der Waals surface area contributed by atoms with Crippen molar-refractivity contribution in [3.8, 4) is 0 Å². The molecule has 0 heterocycles. The molecular weight excluding hydrogens is 272 g/mol. The number of rotatable bonds is 6. The summed E-state index contributed by atoms with van der Waals surface area (Å²) in [6.07, 6.45) is 0.767. The van der Waals surface area contributed by atoms with Crippen LogP contribution < -0.4 is 5.32 Å². The van der Waals surface area contributed by atoms with Gasteiger partial charge in [-0.2, -0.15) is 0 Å². The van der Waals surface area contributed by atoms with Gasteiger partial charge in [-0.25, -0.2) is 4.79 Å². The van der Waals surface area contributed by atoms with Gasteiger partial charge in [0.2, 0.25) is 11.8 Å². The van der Waals surface area contributed by atoms with Crippen molar-refractivity contribution in [3.63, 3.8) is 0 Å². The molecule has 1 aromatic carbocycles. The number of hydrogen-bond donors (Lipinski definition) is 1. The first-order valence-electron chi connectivity index (χ1n) is 6.72. The molecule has 0 unspecified atom stereocenters. The fourth-order valence-corrected chi connectivity index (χ4v) is 1.49. The summed E-state index contributed by atoms with van der Waals surface area (Å²) in [4.78, 5) is 35.6. The maximum absolute atomic E-state index is 11.7. The number of likely N-dealkylation sites (N-methyl/N-ethyl adjacent to an activating group) is 1. The normalized spacial score (nSPS) is 9.86. The Labute approximate surface area is 124 Å². The molecule has 1 N–H and O–H groups in total. The predicted octanol–water partition coefficient (Wildman–Crippen LogP) is 1.67. The number of amides is 2. The van der Waals surface area contributed by atoms with Crippen LogP contribution in [-0.2, 0) is 14.3 Å². The van der Waals surface area contributed by atoms with E-state index in [4.69, 9.17) is 4.74 Å². The topological polar surface area (TPSA) is 75.7 Å². The third kappa shape index (κ3) is 5.64. The summed E-state index contributed by atoms with van der Waals surface area (Å²) in [5, 5.41) is 2.65. The molecule has 0 spiro atoms. The molecule has 0 saturated carbocycles. The Morgan fingerprint density at radius 2 is 1.81 bits per heavy atom. The fourth-order valence-electron chi connectivity index (χ4n) is 1.49. The molecule has 6 nitrogen and oxygen atoms in total. The number of hydrogen-bond acceptors (Lipinski definition) is 4. The number of ether oxygens (including phenoxy) is 1. The van der Waals surface area contributed by atoms with E-state index >= 15 is 0 Å². The lowest BCUT2D eigenvalue weighted by Crippen LogP contribution is -2.33. The molecule has 0 aliphatic carbocycles. The van der Waals surface area contributed by atoms with E-state index in [1.54, 1.807) is 31.3 Å². The van der Waals surface area contributed by atoms with Crippen LogP contribution in [0.3, 0.4) is 0 Å². The zero-order chi connectivity index (χ0) is 15.8. The highest BCUT2D eigenvalue weighted by molar-refractivity contribution is 5.95. The number of nitrogens with one attached hydrogen (secondary N) is 1. The van der Waals surface area contributed by atoms with Gasteiger partial charge in [-0.1, -0.05) is 6.92 Å². The zero-order valence-electron chi connectivity index (χ0n) is 12.5. The van der Waals surface area contributed by atoms with E-state index in [0.29, 0.717) is 17.9 Å². The second-order valence-corrected chi connectivity index (χ2v) is 4.64. The molecule has 2 amide bonds. The Kier molecular flexibility index (Phi) is 6.39. The maximum Gasteiger partial charge on any atom is 0.338 e. The molecule has 1 rings (SSSR count). The van der Waals surface area contributed by atoms with Crippen molar-refractivity contribution in [1.82, 2.24) is 4.90 Å². The summed E-state index contributed by atoms with van der Waals surface area (Å²) >= 11 is 0. The van der Waals surface area contributed by atoms with Gasteiger partial charge in [0.1, 0.15) is 0 Å². The lowest BCUT2D eigenvalue weighted by Gasteiger charge is -2.14. The summed E-state index contributed by atoms with van der Waals surface area (Å²) in [5.41, 5.74) is 0.992. The van der Waals surface area contributed by atoms with Gasteiger partial charge in [0, 0.05) is 19.7 Å². The molecule has 0 saturated heterocycles. The number of carbonyl (C=O) groups is 3. The molecular formula is C15H20N2O4. The molecule has 0 aliphatic heterocycles. The molecule has 0 radical (unpaired) electrons. The molecule has 21 heavy (non-hydrogen) atoms. The summed E-state index contributed by atoms with van der Waals surface area (Å²) < 4.78 is 5.01. The van der Waals surface area contributed by atoms with Crippen molar-refractivity contribution in [2.75, 3.05) is 25.5 Å². The minimum Gasteiger partial charge on any atom is -0.462 e. The Bertz CT molecular complexity index is 511. The quantitative estimate of drug-likeness (QED) is 0.809. The van der Waals surface area contributed by atoms with Crippen LogP contribution in [0, 0.1) is 0 Å². The van der Waals surface area contributed by atoms with E-state index in [0.717, 1.165) is 6.42 Å². The number of benzene rings is 1. The van der Waals surface area contributed by atoms with Crippen molar-refractivity contribution < 1.29 is 19.1 Å². The Morgan fingerprint density at radius 1 is 1.19 bits per heavy atom. The van der Waals surface area contributed by atoms with E-state index in [9.17, 15) is 14.4 Å². The van der Waals surface area contributed by atoms with Crippen LogP contribution in [0.25, 0.3) is 0 Å². The highest BCUT2D eigenvalue weighted by Gasteiger charge is 2.10. The molecule has 114 valence electrons. The highest BCUT2D eigenvalue weighted by atomic mass is 16.5. The van der Waals surface area contributed by atoms with Crippen LogP contribution in [0.5, 0.6) is 0 Å². The van der Waals surface area contributed by atoms with Crippen LogP contribution in [0.15, 0.2) is 24.3 Å². The van der Waals surface area contributed by atoms with Gasteiger partial charge in [0.05, 0.1) is 18.7 Å². The lowest BCUT2D eigenvalue weighted by atomic mass is 10.2. The summed E-state index contributed by atoms with van der Waals surface area (Å²) in [5.74, 6) is -0.862. The van der Waals surface area contributed by atoms with Crippen molar-refractivity contribution in [2.24, 2.45) is 0 Å². The van der Waals surface area contributed by atoms with E-state index in [1.165, 1.54) is 11.8 Å². The first-order chi connectivity index (χ1) is 9.93. The van der Waals surface area contributed by atoms with E-state index in [-0.39, 0.29) is 24.3 Å². The molecule has 6 heteroatoms. The summed E-state index contributed by atoms with van der Waals surface area (Å²) in [6, 6.07) is 6.41. The second-order valence-electron chi connectivity index (χ2n) is 4.64. The van der Waals surface area contributed by atoms with Crippen LogP contribution >= 0.6 is 0 Å². The Morgan fingerprint density at radius 3 is 2.33 bits per heavy atom. The van der Waals surface area contributed by atoms with Gasteiger partial charge in [-0.15, -0.1) is 0 Å². The highest BCUT2D eigenvalue weighted by Crippen LogP contribution is 2.10. The van der Waals surface area contributed by atoms with E-state index < -0.39 is 0 Å². The van der Waals surface area contributed by atoms with Crippen LogP contribution in [0.1, 0.15) is 30.6 Å². The van der Waals surface area contributed by atoms with Crippen molar-refractivity contribution in [3.05, 3.63) is 29.8 Å². The standard InChI is InChI=1S/C15H20N2O4/c1-4-9-21-15(20)12-5-7-13(8-6-12)16-14(19)10-17(3)11(2)18/h5-8H,4,9-10H2,1-3H3,(H,16,19). The third-order valence-electron chi connectivity index (χ3n) is 2.76. The first kappa shape index (κ1) is 16.7. The van der Waals surface area contributed by atoms with Gasteiger partial charge in [-0.05, 0) is 30.7 Å². The number of anilines is 1. The van der Waals surface area contributed by atoms with Gasteiger partial charge >= 0.3 is 5.97 Å². The minimum absolute atomic E-state index is 0.0182. The van der Waals surface area contributed by atoms with Crippen LogP contribution in [0.4, 0.5) is 5.69 Å². The largest absolute Gasteiger partial charge is 0.462 e. The zero-order valence-corrected chi connectivity index (χ0v) is 12.5. The number of carbonyl (C=O) groups excluding carboxylic acids is 3. The van der Waals surface area contributed by atoms with Gasteiger partial charge in [0.25, 0.3) is 0 Å². The lowest BCUT2D eigenvalue weighted by molar-refractivity contribution is -0.131. The van der Waals surface area contributed by atoms with Crippen molar-refractivity contribution >= 4 is 23.5 Å². The first-order valence-corrected chi connectivity index (χ1v) is 6.72. The summed E-state index contributed by atoms with van der Waals surface area (Å²) in [6.45, 7) is 3.68. The minimum atomic E-state index is -0.383. The molecule has 0 aliphatic rings. The average Bonchev–Trinajstić information content (AvgIpc) is 2.45. The summed E-state index contributed by atoms with van der Waals surface area (Å²) in [7, 11) is 1.55. The van der Waals surface area contributed by atoms with Crippen LogP contribution in [0.2, 0.25) is 0 Å². The Balaban J connectivity index is 2.56. The monoisotopic (exact) mass is 292 g/mol. The average molecular weight is 292 g/mol. The molecule has 0 aromatic heterocycles. The third-order valence-corrected chi connectivity index (χ3v) is 2.76. The number of esters is 1. The molecule has 0 bridgehead atoms. The Hall–Kier alpha value is -2.37. The van der Waals surface area contributed by atoms with Crippen molar-refractivity contribution in [1.29, 1.82) is 0 Å². The maximum atomic E-state index is 11.7. The van der Waals surface area contributed by atoms with Gasteiger partial charge < -0.3 is 15.0 Å². The number of nitrogens with zero attached hydrogens (tertiary/aromatic N) is 1. The fraction of sp³-hybridized carbons (Fsp3) is 0.400. The second kappa shape index (κ2) is 8.04.